The quantitative estimate of drug-likeness (QED) is 0.507. The highest BCUT2D eigenvalue weighted by Gasteiger charge is 2.22. The number of hydrogen-bond donors (Lipinski definition) is 0. The van der Waals surface area contributed by atoms with Gasteiger partial charge in [-0.3, -0.25) is 9.69 Å². The average Bonchev–Trinajstić information content (AvgIpc) is 3.42. The first-order chi connectivity index (χ1) is 14.7. The van der Waals surface area contributed by atoms with E-state index in [1.165, 1.54) is 11.3 Å². The normalized spacial score (nSPS) is 16.1. The van der Waals surface area contributed by atoms with E-state index in [4.69, 9.17) is 19.2 Å². The Balaban J connectivity index is 1.53. The molecule has 0 aliphatic carbocycles. The topological polar surface area (TPSA) is 60.9 Å². The number of fused-ring (bicyclic) bond motifs is 1. The molecule has 1 fully saturated rings. The molecule has 158 valence electrons. The van der Waals surface area contributed by atoms with E-state index in [1.54, 1.807) is 4.90 Å². The van der Waals surface area contributed by atoms with Crippen LogP contribution in [-0.2, 0) is 20.8 Å². The molecule has 0 radical (unpaired) electrons. The van der Waals surface area contributed by atoms with Crippen molar-refractivity contribution >= 4 is 32.6 Å². The molecule has 4 rings (SSSR count). The standard InChI is InChI=1S/C23H26N2O4S/c1-2-28-18-10-11-20-21(13-18)30-23(24-20)25(14-17-7-4-3-5-8-17)22(26)16-27-15-19-9-6-12-29-19/h3-5,7-8,10-11,13,19H,2,6,9,12,14-16H2,1H3. The Bertz CT molecular complexity index is 970. The van der Waals surface area contributed by atoms with Crippen molar-refractivity contribution in [3.05, 3.63) is 54.1 Å². The summed E-state index contributed by atoms with van der Waals surface area (Å²) in [7, 11) is 0. The molecule has 1 unspecified atom stereocenters. The van der Waals surface area contributed by atoms with Gasteiger partial charge in [0.05, 0.1) is 36.1 Å². The minimum atomic E-state index is -0.110. The number of carbonyl (C=O) groups is 1. The summed E-state index contributed by atoms with van der Waals surface area (Å²) in [5.41, 5.74) is 1.89. The molecule has 6 nitrogen and oxygen atoms in total. The molecule has 0 spiro atoms. The van der Waals surface area contributed by atoms with Crippen LogP contribution in [-0.4, -0.2) is 43.4 Å². The van der Waals surface area contributed by atoms with Crippen molar-refractivity contribution in [1.82, 2.24) is 4.98 Å². The van der Waals surface area contributed by atoms with Crippen LogP contribution in [0.4, 0.5) is 5.13 Å². The predicted molar refractivity (Wildman–Crippen MR) is 118 cm³/mol. The molecule has 0 bridgehead atoms. The number of benzene rings is 2. The van der Waals surface area contributed by atoms with Gasteiger partial charge in [-0.05, 0) is 43.5 Å². The summed E-state index contributed by atoms with van der Waals surface area (Å²) in [5.74, 6) is 0.696. The summed E-state index contributed by atoms with van der Waals surface area (Å²) in [6, 6.07) is 15.7. The Morgan fingerprint density at radius 3 is 2.90 bits per heavy atom. The number of aromatic nitrogens is 1. The molecular formula is C23H26N2O4S. The van der Waals surface area contributed by atoms with Crippen LogP contribution in [0.2, 0.25) is 0 Å². The number of ether oxygens (including phenoxy) is 3. The largest absolute Gasteiger partial charge is 0.494 e. The lowest BCUT2D eigenvalue weighted by Crippen LogP contribution is -2.34. The third-order valence-corrected chi connectivity index (χ3v) is 5.97. The second-order valence-corrected chi connectivity index (χ2v) is 8.18. The summed E-state index contributed by atoms with van der Waals surface area (Å²) in [6.07, 6.45) is 2.14. The molecule has 3 aromatic rings. The lowest BCUT2D eigenvalue weighted by molar-refractivity contribution is -0.124. The summed E-state index contributed by atoms with van der Waals surface area (Å²) < 4.78 is 17.8. The SMILES string of the molecule is CCOc1ccc2nc(N(Cc3ccccc3)C(=O)COCC3CCCO3)sc2c1. The highest BCUT2D eigenvalue weighted by molar-refractivity contribution is 7.22. The van der Waals surface area contributed by atoms with Crippen molar-refractivity contribution in [1.29, 1.82) is 0 Å². The zero-order valence-electron chi connectivity index (χ0n) is 17.1. The molecule has 1 amide bonds. The number of hydrogen-bond acceptors (Lipinski definition) is 6. The van der Waals surface area contributed by atoms with E-state index >= 15 is 0 Å². The van der Waals surface area contributed by atoms with E-state index < -0.39 is 0 Å². The number of thiazole rings is 1. The van der Waals surface area contributed by atoms with Crippen LogP contribution < -0.4 is 9.64 Å². The minimum absolute atomic E-state index is 0.00676. The molecule has 2 aromatic carbocycles. The number of amides is 1. The van der Waals surface area contributed by atoms with Crippen molar-refractivity contribution in [3.8, 4) is 5.75 Å². The molecule has 0 saturated carbocycles. The van der Waals surface area contributed by atoms with Gasteiger partial charge in [0.15, 0.2) is 5.13 Å². The van der Waals surface area contributed by atoms with Gasteiger partial charge >= 0.3 is 0 Å². The molecule has 1 saturated heterocycles. The summed E-state index contributed by atoms with van der Waals surface area (Å²) in [4.78, 5) is 19.5. The van der Waals surface area contributed by atoms with Gasteiger partial charge in [-0.1, -0.05) is 41.7 Å². The first-order valence-electron chi connectivity index (χ1n) is 10.3. The van der Waals surface area contributed by atoms with E-state index in [1.807, 2.05) is 55.5 Å². The number of nitrogens with zero attached hydrogens (tertiary/aromatic N) is 2. The Morgan fingerprint density at radius 1 is 1.27 bits per heavy atom. The summed E-state index contributed by atoms with van der Waals surface area (Å²) in [5, 5.41) is 0.660. The lowest BCUT2D eigenvalue weighted by Gasteiger charge is -2.20. The van der Waals surface area contributed by atoms with E-state index in [-0.39, 0.29) is 18.6 Å². The minimum Gasteiger partial charge on any atom is -0.494 e. The Hall–Kier alpha value is -2.48. The van der Waals surface area contributed by atoms with E-state index in [9.17, 15) is 4.79 Å². The predicted octanol–water partition coefficient (Wildman–Crippen LogP) is 4.42. The van der Waals surface area contributed by atoms with Gasteiger partial charge in [-0.15, -0.1) is 0 Å². The fourth-order valence-corrected chi connectivity index (χ4v) is 4.44. The molecule has 30 heavy (non-hydrogen) atoms. The maximum Gasteiger partial charge on any atom is 0.255 e. The third-order valence-electron chi connectivity index (χ3n) is 4.93. The van der Waals surface area contributed by atoms with Crippen LogP contribution in [0.15, 0.2) is 48.5 Å². The van der Waals surface area contributed by atoms with Gasteiger partial charge in [-0.25, -0.2) is 4.98 Å². The molecule has 1 aliphatic heterocycles. The Kier molecular flexibility index (Phi) is 6.94. The highest BCUT2D eigenvalue weighted by atomic mass is 32.1. The third kappa shape index (κ3) is 5.16. The van der Waals surface area contributed by atoms with Crippen LogP contribution in [0.5, 0.6) is 5.75 Å². The highest BCUT2D eigenvalue weighted by Crippen LogP contribution is 2.32. The molecule has 1 aromatic heterocycles. The average molecular weight is 427 g/mol. The fraction of sp³-hybridized carbons (Fsp3) is 0.391. The van der Waals surface area contributed by atoms with E-state index in [0.29, 0.717) is 24.9 Å². The van der Waals surface area contributed by atoms with Crippen LogP contribution in [0, 0.1) is 0 Å². The molecule has 1 atom stereocenters. The van der Waals surface area contributed by atoms with Crippen LogP contribution in [0.3, 0.4) is 0 Å². The lowest BCUT2D eigenvalue weighted by atomic mass is 10.2. The number of carbonyl (C=O) groups excluding carboxylic acids is 1. The number of anilines is 1. The van der Waals surface area contributed by atoms with Gasteiger partial charge in [0.1, 0.15) is 12.4 Å². The van der Waals surface area contributed by atoms with E-state index in [2.05, 4.69) is 0 Å². The number of rotatable bonds is 9. The molecule has 7 heteroatoms. The maximum absolute atomic E-state index is 13.1. The van der Waals surface area contributed by atoms with Crippen LogP contribution >= 0.6 is 11.3 Å². The zero-order valence-corrected chi connectivity index (χ0v) is 17.9. The Morgan fingerprint density at radius 2 is 2.13 bits per heavy atom. The van der Waals surface area contributed by atoms with Crippen LogP contribution in [0.25, 0.3) is 10.2 Å². The second kappa shape index (κ2) is 10.0. The second-order valence-electron chi connectivity index (χ2n) is 7.17. The fourth-order valence-electron chi connectivity index (χ4n) is 3.42. The first kappa shape index (κ1) is 20.8. The monoisotopic (exact) mass is 426 g/mol. The molecule has 0 N–H and O–H groups in total. The molecule has 1 aliphatic rings. The first-order valence-corrected chi connectivity index (χ1v) is 11.1. The molecule has 2 heterocycles. The van der Waals surface area contributed by atoms with Gasteiger partial charge < -0.3 is 14.2 Å². The summed E-state index contributed by atoms with van der Waals surface area (Å²) >= 11 is 1.49. The zero-order chi connectivity index (χ0) is 20.8. The van der Waals surface area contributed by atoms with Crippen LogP contribution in [0.1, 0.15) is 25.3 Å². The van der Waals surface area contributed by atoms with Gasteiger partial charge in [0.25, 0.3) is 5.91 Å². The van der Waals surface area contributed by atoms with Crippen molar-refractivity contribution < 1.29 is 19.0 Å². The summed E-state index contributed by atoms with van der Waals surface area (Å²) in [6.45, 7) is 4.24. The Labute approximate surface area is 180 Å². The van der Waals surface area contributed by atoms with Gasteiger partial charge in [0.2, 0.25) is 0 Å². The molecular weight excluding hydrogens is 400 g/mol. The van der Waals surface area contributed by atoms with Gasteiger partial charge in [0, 0.05) is 6.61 Å². The smallest absolute Gasteiger partial charge is 0.255 e. The van der Waals surface area contributed by atoms with E-state index in [0.717, 1.165) is 41.0 Å². The van der Waals surface area contributed by atoms with Crippen molar-refractivity contribution in [2.24, 2.45) is 0 Å². The van der Waals surface area contributed by atoms with Crippen molar-refractivity contribution in [2.75, 3.05) is 31.3 Å². The van der Waals surface area contributed by atoms with Crippen molar-refractivity contribution in [3.63, 3.8) is 0 Å². The van der Waals surface area contributed by atoms with Crippen molar-refractivity contribution in [2.45, 2.75) is 32.4 Å². The maximum atomic E-state index is 13.1. The van der Waals surface area contributed by atoms with Gasteiger partial charge in [-0.2, -0.15) is 0 Å².